The molecule has 21 heavy (non-hydrogen) atoms. The molecule has 0 radical (unpaired) electrons. The molecule has 1 aromatic rings. The van der Waals surface area contributed by atoms with E-state index in [-0.39, 0.29) is 0 Å². The summed E-state index contributed by atoms with van der Waals surface area (Å²) in [5.41, 5.74) is 0. The Labute approximate surface area is 126 Å². The molecule has 1 saturated heterocycles. The van der Waals surface area contributed by atoms with Gasteiger partial charge in [-0.2, -0.15) is 5.10 Å². The highest BCUT2D eigenvalue weighted by Gasteiger charge is 2.24. The Kier molecular flexibility index (Phi) is 5.73. The van der Waals surface area contributed by atoms with Gasteiger partial charge in [-0.25, -0.2) is 9.67 Å². The summed E-state index contributed by atoms with van der Waals surface area (Å²) in [5.74, 6) is 2.57. The zero-order chi connectivity index (χ0) is 15.2. The van der Waals surface area contributed by atoms with Gasteiger partial charge in [0.1, 0.15) is 11.6 Å². The highest BCUT2D eigenvalue weighted by molar-refractivity contribution is 5.76. The maximum atomic E-state index is 12.2. The van der Waals surface area contributed by atoms with Crippen LogP contribution in [0.4, 0.5) is 0 Å². The molecule has 6 nitrogen and oxygen atoms in total. The van der Waals surface area contributed by atoms with Gasteiger partial charge in [-0.05, 0) is 52.6 Å². The fourth-order valence-electron chi connectivity index (χ4n) is 2.99. The highest BCUT2D eigenvalue weighted by atomic mass is 16.2. The van der Waals surface area contributed by atoms with Crippen molar-refractivity contribution in [2.45, 2.75) is 46.1 Å². The van der Waals surface area contributed by atoms with Gasteiger partial charge in [0, 0.05) is 26.1 Å². The molecule has 1 aliphatic heterocycles. The van der Waals surface area contributed by atoms with E-state index in [4.69, 9.17) is 0 Å². The molecule has 6 heteroatoms. The lowest BCUT2D eigenvalue weighted by atomic mass is 9.97. The van der Waals surface area contributed by atoms with E-state index < -0.39 is 0 Å². The Bertz CT molecular complexity index is 471. The number of aromatic nitrogens is 3. The van der Waals surface area contributed by atoms with Gasteiger partial charge in [-0.1, -0.05) is 0 Å². The van der Waals surface area contributed by atoms with Gasteiger partial charge < -0.3 is 10.2 Å². The zero-order valence-corrected chi connectivity index (χ0v) is 13.4. The molecule has 118 valence electrons. The summed E-state index contributed by atoms with van der Waals surface area (Å²) in [7, 11) is 1.92. The monoisotopic (exact) mass is 293 g/mol. The smallest absolute Gasteiger partial charge is 0.222 e. The minimum absolute atomic E-state index is 0.293. The van der Waals surface area contributed by atoms with Crippen LogP contribution < -0.4 is 5.32 Å². The Hall–Kier alpha value is -1.43. The number of aryl methyl sites for hydroxylation is 2. The molecule has 1 atom stereocenters. The number of amides is 1. The molecule has 2 rings (SSSR count). The Balaban J connectivity index is 1.85. The van der Waals surface area contributed by atoms with Crippen LogP contribution in [0.1, 0.15) is 37.3 Å². The number of likely N-dealkylation sites (tertiary alicyclic amines) is 1. The van der Waals surface area contributed by atoms with Crippen molar-refractivity contribution >= 4 is 5.91 Å². The van der Waals surface area contributed by atoms with E-state index in [0.717, 1.165) is 50.7 Å². The average molecular weight is 293 g/mol. The predicted molar refractivity (Wildman–Crippen MR) is 82.0 cm³/mol. The molecule has 1 aromatic heterocycles. The van der Waals surface area contributed by atoms with E-state index >= 15 is 0 Å². The largest absolute Gasteiger partial charge is 0.342 e. The first kappa shape index (κ1) is 15.9. The number of hydrogen-bond acceptors (Lipinski definition) is 4. The van der Waals surface area contributed by atoms with Crippen LogP contribution in [-0.2, 0) is 11.3 Å². The second-order valence-corrected chi connectivity index (χ2v) is 5.94. The van der Waals surface area contributed by atoms with Crippen molar-refractivity contribution in [3.8, 4) is 0 Å². The molecule has 1 aliphatic rings. The van der Waals surface area contributed by atoms with Gasteiger partial charge >= 0.3 is 0 Å². The van der Waals surface area contributed by atoms with E-state index in [0.29, 0.717) is 18.2 Å². The molecule has 1 amide bonds. The topological polar surface area (TPSA) is 63.1 Å². The van der Waals surface area contributed by atoms with Crippen molar-refractivity contribution < 1.29 is 4.79 Å². The fraction of sp³-hybridized carbons (Fsp3) is 0.800. The summed E-state index contributed by atoms with van der Waals surface area (Å²) in [6, 6.07) is 0. The van der Waals surface area contributed by atoms with Crippen molar-refractivity contribution in [3.05, 3.63) is 11.6 Å². The summed E-state index contributed by atoms with van der Waals surface area (Å²) >= 11 is 0. The average Bonchev–Trinajstić information content (AvgIpc) is 2.77. The van der Waals surface area contributed by atoms with Crippen molar-refractivity contribution in [1.82, 2.24) is 25.0 Å². The first-order chi connectivity index (χ1) is 10.1. The summed E-state index contributed by atoms with van der Waals surface area (Å²) in [6.07, 6.45) is 3.82. The fourth-order valence-corrected chi connectivity index (χ4v) is 2.99. The number of nitrogens with zero attached hydrogens (tertiary/aromatic N) is 4. The van der Waals surface area contributed by atoms with Gasteiger partial charge in [0.25, 0.3) is 0 Å². The lowest BCUT2D eigenvalue weighted by Crippen LogP contribution is -2.41. The molecular weight excluding hydrogens is 266 g/mol. The van der Waals surface area contributed by atoms with Gasteiger partial charge in [-0.3, -0.25) is 4.79 Å². The minimum Gasteiger partial charge on any atom is -0.342 e. The van der Waals surface area contributed by atoms with Gasteiger partial charge in [0.15, 0.2) is 0 Å². The molecule has 0 spiro atoms. The Morgan fingerprint density at radius 1 is 1.43 bits per heavy atom. The summed E-state index contributed by atoms with van der Waals surface area (Å²) in [4.78, 5) is 18.6. The van der Waals surface area contributed by atoms with Crippen LogP contribution in [0.15, 0.2) is 0 Å². The third-order valence-corrected chi connectivity index (χ3v) is 4.08. The van der Waals surface area contributed by atoms with Crippen LogP contribution in [0.5, 0.6) is 0 Å². The summed E-state index contributed by atoms with van der Waals surface area (Å²) in [6.45, 7) is 7.44. The third kappa shape index (κ3) is 4.52. The first-order valence-electron chi connectivity index (χ1n) is 7.90. The Morgan fingerprint density at radius 2 is 2.24 bits per heavy atom. The maximum absolute atomic E-state index is 12.2. The zero-order valence-electron chi connectivity index (χ0n) is 13.4. The van der Waals surface area contributed by atoms with Gasteiger partial charge in [0.2, 0.25) is 5.91 Å². The second-order valence-electron chi connectivity index (χ2n) is 5.94. The predicted octanol–water partition coefficient (Wildman–Crippen LogP) is 1.13. The second kappa shape index (κ2) is 7.54. The molecule has 1 N–H and O–H groups in total. The number of hydrogen-bond donors (Lipinski definition) is 1. The van der Waals surface area contributed by atoms with Gasteiger partial charge in [-0.15, -0.1) is 0 Å². The Morgan fingerprint density at radius 3 is 2.90 bits per heavy atom. The SMILES string of the molecule is CNCCCC(=O)N1CCCC(Cn2nc(C)nc2C)C1. The quantitative estimate of drug-likeness (QED) is 0.799. The summed E-state index contributed by atoms with van der Waals surface area (Å²) < 4.78 is 1.98. The van der Waals surface area contributed by atoms with E-state index in [1.807, 2.05) is 30.5 Å². The molecule has 2 heterocycles. The van der Waals surface area contributed by atoms with E-state index in [2.05, 4.69) is 15.4 Å². The maximum Gasteiger partial charge on any atom is 0.222 e. The van der Waals surface area contributed by atoms with Gasteiger partial charge in [0.05, 0.1) is 0 Å². The third-order valence-electron chi connectivity index (χ3n) is 4.08. The van der Waals surface area contributed by atoms with Crippen LogP contribution in [0.2, 0.25) is 0 Å². The summed E-state index contributed by atoms with van der Waals surface area (Å²) in [5, 5.41) is 7.52. The lowest BCUT2D eigenvalue weighted by molar-refractivity contribution is -0.133. The normalized spacial score (nSPS) is 19.0. The molecular formula is C15H27N5O. The van der Waals surface area contributed by atoms with E-state index in [1.165, 1.54) is 6.42 Å². The molecule has 0 aromatic carbocycles. The van der Waals surface area contributed by atoms with Crippen LogP contribution >= 0.6 is 0 Å². The number of carbonyl (C=O) groups is 1. The van der Waals surface area contributed by atoms with Crippen molar-refractivity contribution in [3.63, 3.8) is 0 Å². The molecule has 1 unspecified atom stereocenters. The number of piperidine rings is 1. The van der Waals surface area contributed by atoms with Crippen LogP contribution in [0.25, 0.3) is 0 Å². The number of carbonyl (C=O) groups excluding carboxylic acids is 1. The van der Waals surface area contributed by atoms with Crippen LogP contribution in [-0.4, -0.2) is 52.3 Å². The number of rotatable bonds is 6. The molecule has 0 saturated carbocycles. The number of nitrogens with one attached hydrogen (secondary N) is 1. The lowest BCUT2D eigenvalue weighted by Gasteiger charge is -2.33. The van der Waals surface area contributed by atoms with E-state index in [1.54, 1.807) is 0 Å². The molecule has 0 aliphatic carbocycles. The van der Waals surface area contributed by atoms with Crippen molar-refractivity contribution in [2.24, 2.45) is 5.92 Å². The standard InChI is InChI=1S/C15H27N5O/c1-12-17-13(2)20(18-12)11-14-6-5-9-19(10-14)15(21)7-4-8-16-3/h14,16H,4-11H2,1-3H3. The van der Waals surface area contributed by atoms with Crippen LogP contribution in [0, 0.1) is 19.8 Å². The highest BCUT2D eigenvalue weighted by Crippen LogP contribution is 2.19. The molecule has 0 bridgehead atoms. The van der Waals surface area contributed by atoms with Crippen molar-refractivity contribution in [1.29, 1.82) is 0 Å². The first-order valence-corrected chi connectivity index (χ1v) is 7.90. The van der Waals surface area contributed by atoms with E-state index in [9.17, 15) is 4.79 Å². The van der Waals surface area contributed by atoms with Crippen molar-refractivity contribution in [2.75, 3.05) is 26.7 Å². The minimum atomic E-state index is 0.293. The molecule has 1 fully saturated rings. The van der Waals surface area contributed by atoms with Crippen LogP contribution in [0.3, 0.4) is 0 Å².